The van der Waals surface area contributed by atoms with E-state index in [-0.39, 0.29) is 0 Å². The fourth-order valence-corrected chi connectivity index (χ4v) is 2.95. The van der Waals surface area contributed by atoms with Gasteiger partial charge < -0.3 is 9.72 Å². The molecule has 1 aliphatic carbocycles. The van der Waals surface area contributed by atoms with E-state index in [9.17, 15) is 0 Å². The molecule has 17 heavy (non-hydrogen) atoms. The first-order valence-electron chi connectivity index (χ1n) is 5.78. The highest BCUT2D eigenvalue weighted by atomic mass is 32.1. The number of nitrogens with one attached hydrogen (secondary N) is 1. The van der Waals surface area contributed by atoms with Gasteiger partial charge in [-0.05, 0) is 32.0 Å². The smallest absolute Gasteiger partial charge is 0.179 e. The van der Waals surface area contributed by atoms with Crippen LogP contribution in [0.1, 0.15) is 24.6 Å². The molecule has 1 aliphatic rings. The van der Waals surface area contributed by atoms with Gasteiger partial charge in [-0.3, -0.25) is 9.25 Å². The van der Waals surface area contributed by atoms with E-state index in [0.29, 0.717) is 12.1 Å². The van der Waals surface area contributed by atoms with Crippen LogP contribution >= 0.6 is 12.2 Å². The Hall–Kier alpha value is -1.14. The first-order valence-corrected chi connectivity index (χ1v) is 6.19. The van der Waals surface area contributed by atoms with Crippen molar-refractivity contribution in [2.45, 2.75) is 31.9 Å². The highest BCUT2D eigenvalue weighted by Gasteiger charge is 2.32. The first kappa shape index (κ1) is 11.0. The summed E-state index contributed by atoms with van der Waals surface area (Å²) in [7, 11) is 3.72. The Morgan fingerprint density at radius 3 is 2.82 bits per heavy atom. The van der Waals surface area contributed by atoms with Crippen molar-refractivity contribution in [2.75, 3.05) is 7.11 Å². The average Bonchev–Trinajstić information content (AvgIpc) is 2.67. The zero-order chi connectivity index (χ0) is 12.2. The standard InChI is InChI=1S/C11H16N4OS/c1-6-9-10(14(2)13-6)15(11(17)12-9)7-4-8(5-7)16-3/h7-8H,4-5H2,1-3H3,(H,12,17). The van der Waals surface area contributed by atoms with Gasteiger partial charge >= 0.3 is 0 Å². The summed E-state index contributed by atoms with van der Waals surface area (Å²) in [4.78, 5) is 3.25. The predicted octanol–water partition coefficient (Wildman–Crippen LogP) is 2.09. The molecule has 0 atom stereocenters. The van der Waals surface area contributed by atoms with E-state index < -0.39 is 0 Å². The molecule has 1 N–H and O–H groups in total. The molecule has 2 heterocycles. The molecular weight excluding hydrogens is 236 g/mol. The number of aromatic amines is 1. The minimum Gasteiger partial charge on any atom is -0.381 e. The SMILES string of the molecule is COC1CC(n2c(=S)[nH]c3c(C)nn(C)c32)C1. The van der Waals surface area contributed by atoms with Crippen LogP contribution in [0.4, 0.5) is 0 Å². The van der Waals surface area contributed by atoms with Gasteiger partial charge in [0.1, 0.15) is 5.52 Å². The molecule has 3 rings (SSSR count). The zero-order valence-corrected chi connectivity index (χ0v) is 11.0. The van der Waals surface area contributed by atoms with E-state index in [2.05, 4.69) is 14.6 Å². The molecule has 0 saturated heterocycles. The minimum atomic E-state index is 0.376. The summed E-state index contributed by atoms with van der Waals surface area (Å²) in [6, 6.07) is 0.441. The lowest BCUT2D eigenvalue weighted by atomic mass is 9.89. The number of H-pyrrole nitrogens is 1. The van der Waals surface area contributed by atoms with Crippen LogP contribution in [0.25, 0.3) is 11.2 Å². The van der Waals surface area contributed by atoms with Crippen LogP contribution in [0.3, 0.4) is 0 Å². The van der Waals surface area contributed by atoms with E-state index >= 15 is 0 Å². The highest BCUT2D eigenvalue weighted by molar-refractivity contribution is 7.71. The normalized spacial score (nSPS) is 24.2. The molecule has 6 heteroatoms. The monoisotopic (exact) mass is 252 g/mol. The van der Waals surface area contributed by atoms with E-state index in [1.165, 1.54) is 0 Å². The second-order valence-electron chi connectivity index (χ2n) is 4.69. The maximum atomic E-state index is 5.40. The largest absolute Gasteiger partial charge is 0.381 e. The molecule has 2 aromatic heterocycles. The molecule has 5 nitrogen and oxygen atoms in total. The molecule has 2 aromatic rings. The Morgan fingerprint density at radius 2 is 2.18 bits per heavy atom. The van der Waals surface area contributed by atoms with Gasteiger partial charge in [-0.2, -0.15) is 5.10 Å². The van der Waals surface area contributed by atoms with Crippen LogP contribution in [-0.4, -0.2) is 32.5 Å². The van der Waals surface area contributed by atoms with Crippen LogP contribution in [-0.2, 0) is 11.8 Å². The van der Waals surface area contributed by atoms with Gasteiger partial charge in [-0.15, -0.1) is 0 Å². The number of imidazole rings is 1. The first-order chi connectivity index (χ1) is 8.11. The molecule has 0 bridgehead atoms. The number of methoxy groups -OCH3 is 1. The third-order valence-corrected chi connectivity index (χ3v) is 3.94. The fourth-order valence-electron chi connectivity index (χ4n) is 2.61. The zero-order valence-electron chi connectivity index (χ0n) is 10.2. The summed E-state index contributed by atoms with van der Waals surface area (Å²) in [5, 5.41) is 4.42. The molecule has 0 aromatic carbocycles. The van der Waals surface area contributed by atoms with Crippen molar-refractivity contribution in [3.63, 3.8) is 0 Å². The third-order valence-electron chi connectivity index (χ3n) is 3.64. The third kappa shape index (κ3) is 1.47. The van der Waals surface area contributed by atoms with Gasteiger partial charge in [0.15, 0.2) is 10.4 Å². The number of hydrogen-bond donors (Lipinski definition) is 1. The van der Waals surface area contributed by atoms with Crippen molar-refractivity contribution in [3.05, 3.63) is 10.5 Å². The number of hydrogen-bond acceptors (Lipinski definition) is 3. The number of aromatic nitrogens is 4. The summed E-state index contributed by atoms with van der Waals surface area (Å²) in [5.74, 6) is 0. The fraction of sp³-hybridized carbons (Fsp3) is 0.636. The second-order valence-corrected chi connectivity index (χ2v) is 5.08. The van der Waals surface area contributed by atoms with Gasteiger partial charge in [0.2, 0.25) is 0 Å². The topological polar surface area (TPSA) is 47.8 Å². The van der Waals surface area contributed by atoms with Crippen LogP contribution in [0.2, 0.25) is 0 Å². The van der Waals surface area contributed by atoms with E-state index in [1.54, 1.807) is 7.11 Å². The Balaban J connectivity index is 2.10. The number of nitrogens with zero attached hydrogens (tertiary/aromatic N) is 3. The summed E-state index contributed by atoms with van der Waals surface area (Å²) in [5.41, 5.74) is 3.14. The average molecular weight is 252 g/mol. The molecule has 0 unspecified atom stereocenters. The van der Waals surface area contributed by atoms with E-state index in [0.717, 1.165) is 34.5 Å². The van der Waals surface area contributed by atoms with Crippen molar-refractivity contribution in [1.29, 1.82) is 0 Å². The van der Waals surface area contributed by atoms with Crippen LogP contribution in [0.15, 0.2) is 0 Å². The molecule has 0 spiro atoms. The van der Waals surface area contributed by atoms with Crippen molar-refractivity contribution < 1.29 is 4.74 Å². The maximum absolute atomic E-state index is 5.40. The van der Waals surface area contributed by atoms with Crippen molar-refractivity contribution in [3.8, 4) is 0 Å². The minimum absolute atomic E-state index is 0.376. The molecule has 0 radical (unpaired) electrons. The molecule has 1 fully saturated rings. The summed E-state index contributed by atoms with van der Waals surface area (Å²) < 4.78 is 10.2. The lowest BCUT2D eigenvalue weighted by Gasteiger charge is -2.35. The predicted molar refractivity (Wildman–Crippen MR) is 67.7 cm³/mol. The lowest BCUT2D eigenvalue weighted by Crippen LogP contribution is -2.32. The van der Waals surface area contributed by atoms with Crippen LogP contribution in [0.5, 0.6) is 0 Å². The number of fused-ring (bicyclic) bond motifs is 1. The van der Waals surface area contributed by atoms with Gasteiger partial charge in [-0.1, -0.05) is 0 Å². The summed E-state index contributed by atoms with van der Waals surface area (Å²) in [6.07, 6.45) is 2.44. The second kappa shape index (κ2) is 3.68. The molecule has 1 saturated carbocycles. The molecule has 0 amide bonds. The Morgan fingerprint density at radius 1 is 1.47 bits per heavy atom. The Bertz CT molecular complexity index is 617. The highest BCUT2D eigenvalue weighted by Crippen LogP contribution is 2.36. The van der Waals surface area contributed by atoms with Gasteiger partial charge in [0, 0.05) is 20.2 Å². The number of rotatable bonds is 2. The van der Waals surface area contributed by atoms with Crippen molar-refractivity contribution in [1.82, 2.24) is 19.3 Å². The van der Waals surface area contributed by atoms with Gasteiger partial charge in [0.05, 0.1) is 11.8 Å². The Labute approximate surface area is 104 Å². The van der Waals surface area contributed by atoms with Crippen LogP contribution < -0.4 is 0 Å². The number of ether oxygens (including phenoxy) is 1. The summed E-state index contributed by atoms with van der Waals surface area (Å²) in [6.45, 7) is 2.00. The van der Waals surface area contributed by atoms with Crippen LogP contribution in [0, 0.1) is 11.7 Å². The van der Waals surface area contributed by atoms with Crippen molar-refractivity contribution >= 4 is 23.4 Å². The quantitative estimate of drug-likeness (QED) is 0.833. The lowest BCUT2D eigenvalue weighted by molar-refractivity contribution is 0.00668. The van der Waals surface area contributed by atoms with Crippen molar-refractivity contribution in [2.24, 2.45) is 7.05 Å². The Kier molecular flexibility index (Phi) is 2.38. The van der Waals surface area contributed by atoms with E-state index in [4.69, 9.17) is 17.0 Å². The number of aryl methyl sites for hydroxylation is 2. The van der Waals surface area contributed by atoms with Gasteiger partial charge in [-0.25, -0.2) is 0 Å². The van der Waals surface area contributed by atoms with Gasteiger partial charge in [0.25, 0.3) is 0 Å². The summed E-state index contributed by atoms with van der Waals surface area (Å²) >= 11 is 5.40. The molecule has 0 aliphatic heterocycles. The molecule has 92 valence electrons. The van der Waals surface area contributed by atoms with E-state index in [1.807, 2.05) is 18.7 Å². The maximum Gasteiger partial charge on any atom is 0.179 e. The molecular formula is C11H16N4OS.